The molecule has 128 valence electrons. The van der Waals surface area contributed by atoms with Crippen LogP contribution in [0, 0.1) is 36.0 Å². The molecule has 0 saturated carbocycles. The topological polar surface area (TPSA) is 12.9 Å². The molecule has 0 atom stereocenters. The number of hydrogen-bond donors (Lipinski definition) is 0. The Kier molecular flexibility index (Phi) is 4.67. The predicted molar refractivity (Wildman–Crippen MR) is 87.4 cm³/mol. The van der Waals surface area contributed by atoms with Crippen molar-refractivity contribution in [1.82, 2.24) is 4.98 Å². The van der Waals surface area contributed by atoms with E-state index in [0.29, 0.717) is 10.7 Å². The highest BCUT2D eigenvalue weighted by atomic mass is 32.1. The average molecular weight is 367 g/mol. The average Bonchev–Trinajstić information content (AvgIpc) is 3.08. The molecule has 1 heterocycles. The maximum atomic E-state index is 13.6. The third kappa shape index (κ3) is 3.32. The predicted octanol–water partition coefficient (Wildman–Crippen LogP) is 5.98. The summed E-state index contributed by atoms with van der Waals surface area (Å²) < 4.78 is 66.6. The highest BCUT2D eigenvalue weighted by Gasteiger charge is 2.24. The molecule has 3 rings (SSSR count). The summed E-state index contributed by atoms with van der Waals surface area (Å²) in [5, 5.41) is 2.11. The third-order valence-electron chi connectivity index (χ3n) is 3.51. The van der Waals surface area contributed by atoms with Gasteiger partial charge in [-0.3, -0.25) is 0 Å². The Bertz CT molecular complexity index is 931. The van der Waals surface area contributed by atoms with Crippen LogP contribution in [0.3, 0.4) is 0 Å². The lowest BCUT2D eigenvalue weighted by atomic mass is 10.1. The molecule has 0 aliphatic carbocycles. The van der Waals surface area contributed by atoms with Gasteiger partial charge in [-0.1, -0.05) is 29.8 Å². The molecule has 0 unspecified atom stereocenters. The molecule has 25 heavy (non-hydrogen) atoms. The fourth-order valence-electron chi connectivity index (χ4n) is 2.14. The van der Waals surface area contributed by atoms with Crippen LogP contribution in [0.4, 0.5) is 22.0 Å². The number of thiazole rings is 1. The second-order valence-corrected chi connectivity index (χ2v) is 6.14. The van der Waals surface area contributed by atoms with Crippen LogP contribution in [0.5, 0.6) is 0 Å². The zero-order valence-corrected chi connectivity index (χ0v) is 13.6. The van der Waals surface area contributed by atoms with Crippen molar-refractivity contribution in [3.05, 3.63) is 74.9 Å². The highest BCUT2D eigenvalue weighted by Crippen LogP contribution is 2.26. The highest BCUT2D eigenvalue weighted by molar-refractivity contribution is 7.10. The third-order valence-corrected chi connectivity index (χ3v) is 4.32. The van der Waals surface area contributed by atoms with Gasteiger partial charge in [-0.2, -0.15) is 0 Å². The fraction of sp³-hybridized carbons (Fsp3) is 0.0556. The number of benzene rings is 2. The van der Waals surface area contributed by atoms with E-state index < -0.39 is 34.6 Å². The number of rotatable bonds is 3. The number of aromatic nitrogens is 1. The normalized spacial score (nSPS) is 11.4. The van der Waals surface area contributed by atoms with Gasteiger partial charge in [0.2, 0.25) is 5.82 Å². The SMILES string of the molecule is Cc1ccc(-c2csc(C=Cc3c(F)c(F)c(F)c(F)c3F)n2)cc1. The summed E-state index contributed by atoms with van der Waals surface area (Å²) >= 11 is 1.19. The van der Waals surface area contributed by atoms with Crippen LogP contribution in [-0.4, -0.2) is 4.98 Å². The van der Waals surface area contributed by atoms with Crippen molar-refractivity contribution in [3.8, 4) is 11.3 Å². The zero-order valence-electron chi connectivity index (χ0n) is 12.8. The van der Waals surface area contributed by atoms with Gasteiger partial charge in [0.15, 0.2) is 23.3 Å². The van der Waals surface area contributed by atoms with E-state index in [4.69, 9.17) is 0 Å². The second kappa shape index (κ2) is 6.76. The van der Waals surface area contributed by atoms with E-state index >= 15 is 0 Å². The molecule has 0 bridgehead atoms. The first-order chi connectivity index (χ1) is 11.9. The van der Waals surface area contributed by atoms with Gasteiger partial charge in [0, 0.05) is 10.9 Å². The minimum atomic E-state index is -2.18. The second-order valence-electron chi connectivity index (χ2n) is 5.25. The standard InChI is InChI=1S/C18H10F5NS/c1-9-2-4-10(5-3-9)12-8-25-13(24-12)7-6-11-14(19)16(21)18(23)17(22)15(11)20/h2-8H,1H3. The Morgan fingerprint density at radius 1 is 0.800 bits per heavy atom. The quantitative estimate of drug-likeness (QED) is 0.315. The van der Waals surface area contributed by atoms with E-state index in [1.165, 1.54) is 17.4 Å². The van der Waals surface area contributed by atoms with Crippen LogP contribution < -0.4 is 0 Å². The van der Waals surface area contributed by atoms with Crippen LogP contribution in [0.1, 0.15) is 16.1 Å². The Balaban J connectivity index is 1.93. The van der Waals surface area contributed by atoms with Crippen LogP contribution in [0.2, 0.25) is 0 Å². The lowest BCUT2D eigenvalue weighted by molar-refractivity contribution is 0.377. The molecule has 3 aromatic rings. The summed E-state index contributed by atoms with van der Waals surface area (Å²) in [6, 6.07) is 7.59. The maximum absolute atomic E-state index is 13.6. The largest absolute Gasteiger partial charge is 0.237 e. The van der Waals surface area contributed by atoms with Crippen LogP contribution in [0.25, 0.3) is 23.4 Å². The van der Waals surface area contributed by atoms with Crippen LogP contribution in [0.15, 0.2) is 29.6 Å². The molecule has 7 heteroatoms. The van der Waals surface area contributed by atoms with E-state index in [-0.39, 0.29) is 0 Å². The van der Waals surface area contributed by atoms with Gasteiger partial charge in [0.25, 0.3) is 0 Å². The van der Waals surface area contributed by atoms with E-state index in [0.717, 1.165) is 17.2 Å². The van der Waals surface area contributed by atoms with Crippen molar-refractivity contribution in [3.63, 3.8) is 0 Å². The molecule has 0 fully saturated rings. The summed E-state index contributed by atoms with van der Waals surface area (Å²) in [5.74, 6) is -9.87. The fourth-order valence-corrected chi connectivity index (χ4v) is 2.86. The van der Waals surface area contributed by atoms with Crippen LogP contribution in [-0.2, 0) is 0 Å². The molecule has 0 N–H and O–H groups in total. The van der Waals surface area contributed by atoms with Gasteiger partial charge in [-0.05, 0) is 19.1 Å². The summed E-state index contributed by atoms with van der Waals surface area (Å²) in [7, 11) is 0. The summed E-state index contributed by atoms with van der Waals surface area (Å²) in [6.07, 6.45) is 2.04. The lowest BCUT2D eigenvalue weighted by Gasteiger charge is -2.03. The van der Waals surface area contributed by atoms with Gasteiger partial charge < -0.3 is 0 Å². The van der Waals surface area contributed by atoms with Crippen molar-refractivity contribution in [2.75, 3.05) is 0 Å². The Morgan fingerprint density at radius 2 is 1.36 bits per heavy atom. The zero-order chi connectivity index (χ0) is 18.1. The molecule has 2 aromatic carbocycles. The van der Waals surface area contributed by atoms with Crippen LogP contribution >= 0.6 is 11.3 Å². The molecule has 0 spiro atoms. The summed E-state index contributed by atoms with van der Waals surface area (Å²) in [6.45, 7) is 1.95. The van der Waals surface area contributed by atoms with Crippen molar-refractivity contribution in [2.45, 2.75) is 6.92 Å². The molecule has 0 saturated heterocycles. The first-order valence-electron chi connectivity index (χ1n) is 7.10. The molecule has 0 aliphatic heterocycles. The van der Waals surface area contributed by atoms with Gasteiger partial charge >= 0.3 is 0 Å². The molecule has 0 radical (unpaired) electrons. The van der Waals surface area contributed by atoms with Crippen molar-refractivity contribution in [1.29, 1.82) is 0 Å². The monoisotopic (exact) mass is 367 g/mol. The minimum absolute atomic E-state index is 0.375. The van der Waals surface area contributed by atoms with E-state index in [9.17, 15) is 22.0 Å². The number of aryl methyl sites for hydroxylation is 1. The molecule has 0 amide bonds. The number of hydrogen-bond acceptors (Lipinski definition) is 2. The molecule has 1 nitrogen and oxygen atoms in total. The Morgan fingerprint density at radius 3 is 1.96 bits per heavy atom. The molecular weight excluding hydrogens is 357 g/mol. The maximum Gasteiger partial charge on any atom is 0.200 e. The van der Waals surface area contributed by atoms with Gasteiger partial charge in [-0.15, -0.1) is 11.3 Å². The summed E-state index contributed by atoms with van der Waals surface area (Å²) in [5.41, 5.74) is 1.61. The Labute approximate surface area is 144 Å². The van der Waals surface area contributed by atoms with Crippen molar-refractivity contribution < 1.29 is 22.0 Å². The molecule has 1 aromatic heterocycles. The molecular formula is C18H10F5NS. The summed E-state index contributed by atoms with van der Waals surface area (Å²) in [4.78, 5) is 4.27. The first kappa shape index (κ1) is 17.3. The first-order valence-corrected chi connectivity index (χ1v) is 7.98. The molecule has 0 aliphatic rings. The number of halogens is 5. The Hall–Kier alpha value is -2.54. The van der Waals surface area contributed by atoms with E-state index in [2.05, 4.69) is 4.98 Å². The lowest BCUT2D eigenvalue weighted by Crippen LogP contribution is -2.03. The minimum Gasteiger partial charge on any atom is -0.237 e. The smallest absolute Gasteiger partial charge is 0.200 e. The van der Waals surface area contributed by atoms with Crippen molar-refractivity contribution in [2.24, 2.45) is 0 Å². The van der Waals surface area contributed by atoms with Gasteiger partial charge in [-0.25, -0.2) is 26.9 Å². The van der Waals surface area contributed by atoms with E-state index in [1.54, 1.807) is 5.38 Å². The van der Waals surface area contributed by atoms with Crippen molar-refractivity contribution >= 4 is 23.5 Å². The van der Waals surface area contributed by atoms with Gasteiger partial charge in [0.1, 0.15) is 5.01 Å². The van der Waals surface area contributed by atoms with E-state index in [1.807, 2.05) is 31.2 Å². The number of nitrogens with zero attached hydrogens (tertiary/aromatic N) is 1. The van der Waals surface area contributed by atoms with Gasteiger partial charge in [0.05, 0.1) is 11.3 Å².